The topological polar surface area (TPSA) is 52.3 Å². The molecule has 1 aromatic carbocycles. The van der Waals surface area contributed by atoms with Gasteiger partial charge in [0.2, 0.25) is 5.88 Å². The van der Waals surface area contributed by atoms with Crippen LogP contribution in [-0.4, -0.2) is 26.9 Å². The van der Waals surface area contributed by atoms with Crippen molar-refractivity contribution in [1.82, 2.24) is 19.8 Å². The fraction of sp³-hybridized carbons (Fsp3) is 0.182. The lowest BCUT2D eigenvalue weighted by molar-refractivity contribution is 0.395. The van der Waals surface area contributed by atoms with Crippen molar-refractivity contribution in [3.05, 3.63) is 30.1 Å². The molecule has 0 amide bonds. The van der Waals surface area contributed by atoms with Gasteiger partial charge in [0, 0.05) is 10.8 Å². The van der Waals surface area contributed by atoms with Crippen molar-refractivity contribution >= 4 is 16.4 Å². The van der Waals surface area contributed by atoms with E-state index in [0.717, 1.165) is 22.2 Å². The Morgan fingerprint density at radius 1 is 1.12 bits per heavy atom. The van der Waals surface area contributed by atoms with Crippen molar-refractivity contribution in [3.8, 4) is 5.88 Å². The SMILES string of the molecule is COc1nn2c(C)nnc2c2ccccc12. The number of fused-ring (bicyclic) bond motifs is 3. The van der Waals surface area contributed by atoms with Gasteiger partial charge < -0.3 is 4.74 Å². The highest BCUT2D eigenvalue weighted by Gasteiger charge is 2.11. The van der Waals surface area contributed by atoms with Crippen LogP contribution in [0.4, 0.5) is 0 Å². The number of aryl methyl sites for hydroxylation is 1. The minimum Gasteiger partial charge on any atom is -0.480 e. The van der Waals surface area contributed by atoms with Gasteiger partial charge in [0.15, 0.2) is 11.5 Å². The van der Waals surface area contributed by atoms with Gasteiger partial charge in [-0.2, -0.15) is 4.52 Å². The van der Waals surface area contributed by atoms with Crippen molar-refractivity contribution < 1.29 is 4.74 Å². The maximum atomic E-state index is 5.27. The second-order valence-corrected chi connectivity index (χ2v) is 3.54. The molecule has 0 aliphatic heterocycles. The van der Waals surface area contributed by atoms with Crippen LogP contribution in [0.15, 0.2) is 24.3 Å². The van der Waals surface area contributed by atoms with Crippen LogP contribution in [0.25, 0.3) is 16.4 Å². The van der Waals surface area contributed by atoms with E-state index in [9.17, 15) is 0 Å². The molecular weight excluding hydrogens is 204 g/mol. The molecule has 0 unspecified atom stereocenters. The van der Waals surface area contributed by atoms with E-state index in [1.165, 1.54) is 0 Å². The zero-order valence-corrected chi connectivity index (χ0v) is 9.01. The number of rotatable bonds is 1. The maximum Gasteiger partial charge on any atom is 0.239 e. The Hall–Kier alpha value is -2.17. The second kappa shape index (κ2) is 3.16. The van der Waals surface area contributed by atoms with Gasteiger partial charge in [-0.3, -0.25) is 0 Å². The van der Waals surface area contributed by atoms with Gasteiger partial charge in [-0.05, 0) is 13.0 Å². The van der Waals surface area contributed by atoms with Crippen molar-refractivity contribution in [3.63, 3.8) is 0 Å². The summed E-state index contributed by atoms with van der Waals surface area (Å²) >= 11 is 0. The number of hydrogen-bond donors (Lipinski definition) is 0. The van der Waals surface area contributed by atoms with Crippen LogP contribution in [0.5, 0.6) is 5.88 Å². The zero-order chi connectivity index (χ0) is 11.1. The molecule has 3 aromatic rings. The van der Waals surface area contributed by atoms with Crippen LogP contribution in [0.3, 0.4) is 0 Å². The van der Waals surface area contributed by atoms with E-state index in [0.29, 0.717) is 5.88 Å². The molecule has 2 aromatic heterocycles. The average molecular weight is 214 g/mol. The lowest BCUT2D eigenvalue weighted by Crippen LogP contribution is -1.99. The van der Waals surface area contributed by atoms with Crippen LogP contribution in [0.2, 0.25) is 0 Å². The van der Waals surface area contributed by atoms with Gasteiger partial charge in [-0.15, -0.1) is 15.3 Å². The summed E-state index contributed by atoms with van der Waals surface area (Å²) in [5.41, 5.74) is 0.758. The van der Waals surface area contributed by atoms with Gasteiger partial charge in [-0.25, -0.2) is 0 Å². The molecule has 80 valence electrons. The summed E-state index contributed by atoms with van der Waals surface area (Å²) in [7, 11) is 1.61. The fourth-order valence-electron chi connectivity index (χ4n) is 1.81. The smallest absolute Gasteiger partial charge is 0.239 e. The molecule has 0 fully saturated rings. The third-order valence-corrected chi connectivity index (χ3v) is 2.58. The van der Waals surface area contributed by atoms with Crippen LogP contribution >= 0.6 is 0 Å². The highest BCUT2D eigenvalue weighted by Crippen LogP contribution is 2.25. The van der Waals surface area contributed by atoms with Gasteiger partial charge in [-0.1, -0.05) is 18.2 Å². The summed E-state index contributed by atoms with van der Waals surface area (Å²) in [6.45, 7) is 1.86. The zero-order valence-electron chi connectivity index (χ0n) is 9.01. The molecule has 0 N–H and O–H groups in total. The molecule has 0 radical (unpaired) electrons. The average Bonchev–Trinajstić information content (AvgIpc) is 2.70. The van der Waals surface area contributed by atoms with Crippen molar-refractivity contribution in [2.45, 2.75) is 6.92 Å². The number of methoxy groups -OCH3 is 1. The second-order valence-electron chi connectivity index (χ2n) is 3.54. The quantitative estimate of drug-likeness (QED) is 0.617. The predicted octanol–water partition coefficient (Wildman–Crippen LogP) is 1.59. The Morgan fingerprint density at radius 2 is 1.88 bits per heavy atom. The number of nitrogens with zero attached hydrogens (tertiary/aromatic N) is 4. The highest BCUT2D eigenvalue weighted by molar-refractivity contribution is 5.96. The summed E-state index contributed by atoms with van der Waals surface area (Å²) in [5, 5.41) is 14.4. The molecular formula is C11H10N4O. The molecule has 16 heavy (non-hydrogen) atoms. The Bertz CT molecular complexity index is 674. The first-order valence-electron chi connectivity index (χ1n) is 4.96. The van der Waals surface area contributed by atoms with E-state index in [2.05, 4.69) is 15.3 Å². The molecule has 0 aliphatic carbocycles. The lowest BCUT2D eigenvalue weighted by atomic mass is 10.2. The van der Waals surface area contributed by atoms with Crippen LogP contribution in [-0.2, 0) is 0 Å². The summed E-state index contributed by atoms with van der Waals surface area (Å²) in [4.78, 5) is 0. The summed E-state index contributed by atoms with van der Waals surface area (Å²) in [5.74, 6) is 1.34. The number of aromatic nitrogens is 4. The van der Waals surface area contributed by atoms with Gasteiger partial charge in [0.1, 0.15) is 0 Å². The fourth-order valence-corrected chi connectivity index (χ4v) is 1.81. The predicted molar refractivity (Wildman–Crippen MR) is 59.6 cm³/mol. The summed E-state index contributed by atoms with van der Waals surface area (Å²) < 4.78 is 6.97. The molecule has 2 heterocycles. The van der Waals surface area contributed by atoms with Crippen molar-refractivity contribution in [1.29, 1.82) is 0 Å². The monoisotopic (exact) mass is 214 g/mol. The van der Waals surface area contributed by atoms with Crippen LogP contribution in [0.1, 0.15) is 5.82 Å². The molecule has 0 saturated heterocycles. The summed E-state index contributed by atoms with van der Waals surface area (Å²) in [6, 6.07) is 7.87. The maximum absolute atomic E-state index is 5.27. The normalized spacial score (nSPS) is 11.1. The largest absolute Gasteiger partial charge is 0.480 e. The van der Waals surface area contributed by atoms with Gasteiger partial charge in [0.05, 0.1) is 7.11 Å². The van der Waals surface area contributed by atoms with E-state index < -0.39 is 0 Å². The lowest BCUT2D eigenvalue weighted by Gasteiger charge is -2.05. The molecule has 0 aliphatic rings. The minimum absolute atomic E-state index is 0.589. The summed E-state index contributed by atoms with van der Waals surface area (Å²) in [6.07, 6.45) is 0. The number of hydrogen-bond acceptors (Lipinski definition) is 4. The van der Waals surface area contributed by atoms with Crippen LogP contribution < -0.4 is 4.74 Å². The van der Waals surface area contributed by atoms with E-state index >= 15 is 0 Å². The van der Waals surface area contributed by atoms with Gasteiger partial charge in [0.25, 0.3) is 0 Å². The molecule has 0 spiro atoms. The minimum atomic E-state index is 0.589. The molecule has 5 nitrogen and oxygen atoms in total. The van der Waals surface area contributed by atoms with Crippen molar-refractivity contribution in [2.75, 3.05) is 7.11 Å². The van der Waals surface area contributed by atoms with Gasteiger partial charge >= 0.3 is 0 Å². The van der Waals surface area contributed by atoms with Crippen molar-refractivity contribution in [2.24, 2.45) is 0 Å². The first kappa shape index (κ1) is 9.08. The third-order valence-electron chi connectivity index (χ3n) is 2.58. The van der Waals surface area contributed by atoms with E-state index in [1.54, 1.807) is 11.6 Å². The first-order chi connectivity index (χ1) is 7.81. The van der Waals surface area contributed by atoms with E-state index in [1.807, 2.05) is 31.2 Å². The Morgan fingerprint density at radius 3 is 2.62 bits per heavy atom. The highest BCUT2D eigenvalue weighted by atomic mass is 16.5. The molecule has 0 bridgehead atoms. The third kappa shape index (κ3) is 1.08. The molecule has 5 heteroatoms. The molecule has 3 rings (SSSR count). The number of ether oxygens (including phenoxy) is 1. The Balaban J connectivity index is 2.58. The number of benzene rings is 1. The van der Waals surface area contributed by atoms with E-state index in [-0.39, 0.29) is 0 Å². The molecule has 0 atom stereocenters. The Kier molecular flexibility index (Phi) is 1.80. The Labute approximate surface area is 91.7 Å². The molecule has 0 saturated carbocycles. The van der Waals surface area contributed by atoms with E-state index in [4.69, 9.17) is 4.74 Å². The van der Waals surface area contributed by atoms with Crippen LogP contribution in [0, 0.1) is 6.92 Å². The first-order valence-corrected chi connectivity index (χ1v) is 4.96. The standard InChI is InChI=1S/C11H10N4O/c1-7-12-13-10-8-5-3-4-6-9(8)11(16-2)14-15(7)10/h3-6H,1-2H3.